The van der Waals surface area contributed by atoms with Crippen LogP contribution in [0.1, 0.15) is 69.8 Å². The number of hydrogen-bond donors (Lipinski definition) is 8. The van der Waals surface area contributed by atoms with E-state index in [2.05, 4.69) is 16.0 Å². The second kappa shape index (κ2) is 19.9. The van der Waals surface area contributed by atoms with E-state index in [1.165, 1.54) is 9.80 Å². The Bertz CT molecular complexity index is 1540. The molecule has 2 aliphatic heterocycles. The minimum absolute atomic E-state index is 0.0157. The first-order valence-corrected chi connectivity index (χ1v) is 17.4. The van der Waals surface area contributed by atoms with Crippen LogP contribution in [0.15, 0.2) is 30.3 Å². The van der Waals surface area contributed by atoms with Crippen LogP contribution in [0.25, 0.3) is 0 Å². The molecule has 1 aromatic carbocycles. The highest BCUT2D eigenvalue weighted by Gasteiger charge is 2.41. The Morgan fingerprint density at radius 2 is 1.19 bits per heavy atom. The lowest BCUT2D eigenvalue weighted by molar-refractivity contribution is -0.145. The summed E-state index contributed by atoms with van der Waals surface area (Å²) in [5, 5.41) is 26.6. The number of likely N-dealkylation sites (tertiary alicyclic amines) is 2. The number of nitrogens with two attached hydrogens (primary N) is 3. The molecule has 2 fully saturated rings. The van der Waals surface area contributed by atoms with Crippen molar-refractivity contribution in [2.45, 2.75) is 107 Å². The molecule has 0 saturated carbocycles. The fourth-order valence-corrected chi connectivity index (χ4v) is 6.38. The van der Waals surface area contributed by atoms with Gasteiger partial charge < -0.3 is 53.2 Å². The summed E-state index contributed by atoms with van der Waals surface area (Å²) in [6.45, 7) is 0.240. The van der Waals surface area contributed by atoms with Gasteiger partial charge in [-0.2, -0.15) is 0 Å². The molecule has 0 spiro atoms. The van der Waals surface area contributed by atoms with E-state index in [1.54, 1.807) is 30.3 Å². The van der Waals surface area contributed by atoms with Gasteiger partial charge in [0.25, 0.3) is 0 Å². The largest absolute Gasteiger partial charge is 0.481 e. The number of hydrogen-bond acceptors (Lipinski definition) is 10. The number of carbonyl (C=O) groups excluding carboxylic acids is 7. The number of benzene rings is 1. The van der Waals surface area contributed by atoms with Gasteiger partial charge in [-0.05, 0) is 50.5 Å². The van der Waals surface area contributed by atoms with Crippen LogP contribution in [-0.4, -0.2) is 123 Å². The van der Waals surface area contributed by atoms with Crippen molar-refractivity contribution in [1.82, 2.24) is 25.8 Å². The molecule has 0 aromatic heterocycles. The van der Waals surface area contributed by atoms with Gasteiger partial charge in [-0.25, -0.2) is 4.79 Å². The summed E-state index contributed by atoms with van der Waals surface area (Å²) in [7, 11) is 0. The van der Waals surface area contributed by atoms with Gasteiger partial charge in [0, 0.05) is 38.8 Å². The molecular formula is C34H48N8O11. The third-order valence-electron chi connectivity index (χ3n) is 9.17. The average Bonchev–Trinajstić information content (AvgIpc) is 3.81. The molecule has 2 aliphatic rings. The van der Waals surface area contributed by atoms with Crippen LogP contribution in [0, 0.1) is 0 Å². The number of carboxylic acid groups (broad SMARTS) is 2. The van der Waals surface area contributed by atoms with Gasteiger partial charge in [-0.1, -0.05) is 30.3 Å². The van der Waals surface area contributed by atoms with E-state index in [0.717, 1.165) is 0 Å². The maximum atomic E-state index is 13.9. The number of primary amides is 2. The second-order valence-corrected chi connectivity index (χ2v) is 13.1. The maximum Gasteiger partial charge on any atom is 0.326 e. The lowest BCUT2D eigenvalue weighted by atomic mass is 10.0. The quantitative estimate of drug-likeness (QED) is 0.0686. The SMILES string of the molecule is NC(=O)CC[C@H](NC(=O)[C@H](CCC(=O)O)NC(=O)[C@@H]1CCCN1C(=O)[C@@H](N)CCC(N)=O)C(=O)N1CCC[C@H]1C(=O)N[C@@H](Cc1ccccc1)C(=O)O. The van der Waals surface area contributed by atoms with E-state index < -0.39 is 102 Å². The molecule has 0 aliphatic carbocycles. The molecule has 0 radical (unpaired) electrons. The molecule has 53 heavy (non-hydrogen) atoms. The smallest absolute Gasteiger partial charge is 0.326 e. The number of nitrogens with one attached hydrogen (secondary N) is 3. The first-order valence-electron chi connectivity index (χ1n) is 17.4. The van der Waals surface area contributed by atoms with Crippen LogP contribution >= 0.6 is 0 Å². The standard InChI is InChI=1S/C34H48N8O11/c35-20(10-13-26(36)43)32(50)41-16-4-8-24(41)30(48)38-21(12-15-28(45)46)29(47)39-22(11-14-27(37)44)33(51)42-17-5-9-25(42)31(49)40-23(34(52)53)18-19-6-2-1-3-7-19/h1-3,6-7,20-25H,4-5,8-18,35H2,(H2,36,43)(H2,37,44)(H,38,48)(H,39,47)(H,40,49)(H,45,46)(H,52,53)/t20-,21-,22-,23-,24-,25-/m0/s1. The number of carbonyl (C=O) groups is 9. The normalized spacial score (nSPS) is 19.0. The summed E-state index contributed by atoms with van der Waals surface area (Å²) < 4.78 is 0. The molecule has 0 bridgehead atoms. The van der Waals surface area contributed by atoms with Crippen molar-refractivity contribution >= 4 is 53.3 Å². The first kappa shape index (κ1) is 41.8. The minimum atomic E-state index is -1.50. The van der Waals surface area contributed by atoms with Crippen molar-refractivity contribution in [3.63, 3.8) is 0 Å². The van der Waals surface area contributed by atoms with Crippen LogP contribution in [0.2, 0.25) is 0 Å². The summed E-state index contributed by atoms with van der Waals surface area (Å²) in [5.74, 6) is -7.86. The van der Waals surface area contributed by atoms with Gasteiger partial charge in [0.2, 0.25) is 41.4 Å². The molecule has 1 aromatic rings. The molecular weight excluding hydrogens is 696 g/mol. The third-order valence-corrected chi connectivity index (χ3v) is 9.17. The Kier molecular flexibility index (Phi) is 15.7. The number of rotatable bonds is 20. The van der Waals surface area contributed by atoms with Gasteiger partial charge >= 0.3 is 11.9 Å². The minimum Gasteiger partial charge on any atom is -0.481 e. The molecule has 11 N–H and O–H groups in total. The van der Waals surface area contributed by atoms with Crippen molar-refractivity contribution in [3.8, 4) is 0 Å². The van der Waals surface area contributed by atoms with E-state index in [0.29, 0.717) is 18.4 Å². The van der Waals surface area contributed by atoms with Gasteiger partial charge in [-0.3, -0.25) is 38.4 Å². The highest BCUT2D eigenvalue weighted by atomic mass is 16.4. The van der Waals surface area contributed by atoms with E-state index in [-0.39, 0.29) is 58.0 Å². The Hall–Kier alpha value is -5.59. The lowest BCUT2D eigenvalue weighted by Gasteiger charge is -2.31. The average molecular weight is 745 g/mol. The van der Waals surface area contributed by atoms with Crippen LogP contribution < -0.4 is 33.2 Å². The molecule has 0 unspecified atom stereocenters. The Labute approximate surface area is 305 Å². The topological polar surface area (TPSA) is 315 Å². The van der Waals surface area contributed by atoms with Crippen molar-refractivity contribution in [2.75, 3.05) is 13.1 Å². The molecule has 290 valence electrons. The third kappa shape index (κ3) is 12.5. The van der Waals surface area contributed by atoms with E-state index >= 15 is 0 Å². The van der Waals surface area contributed by atoms with E-state index in [9.17, 15) is 53.4 Å². The predicted molar refractivity (Wildman–Crippen MR) is 185 cm³/mol. The maximum absolute atomic E-state index is 13.9. The van der Waals surface area contributed by atoms with Crippen molar-refractivity contribution in [2.24, 2.45) is 17.2 Å². The highest BCUT2D eigenvalue weighted by Crippen LogP contribution is 2.22. The first-order chi connectivity index (χ1) is 25.1. The number of nitrogens with zero attached hydrogens (tertiary/aromatic N) is 2. The Balaban J connectivity index is 1.76. The van der Waals surface area contributed by atoms with Crippen molar-refractivity contribution in [3.05, 3.63) is 35.9 Å². The zero-order valence-corrected chi connectivity index (χ0v) is 29.2. The number of aliphatic carboxylic acids is 2. The zero-order chi connectivity index (χ0) is 39.2. The van der Waals surface area contributed by atoms with E-state index in [1.807, 2.05) is 0 Å². The molecule has 19 heteroatoms. The highest BCUT2D eigenvalue weighted by molar-refractivity contribution is 5.97. The monoisotopic (exact) mass is 744 g/mol. The molecule has 3 rings (SSSR count). The molecule has 19 nitrogen and oxygen atoms in total. The number of amides is 7. The zero-order valence-electron chi connectivity index (χ0n) is 29.2. The van der Waals surface area contributed by atoms with Crippen LogP contribution in [0.4, 0.5) is 0 Å². The second-order valence-electron chi connectivity index (χ2n) is 13.1. The van der Waals surface area contributed by atoms with Gasteiger partial charge in [-0.15, -0.1) is 0 Å². The van der Waals surface area contributed by atoms with Gasteiger partial charge in [0.1, 0.15) is 30.2 Å². The fraction of sp³-hybridized carbons (Fsp3) is 0.559. The summed E-state index contributed by atoms with van der Waals surface area (Å²) >= 11 is 0. The predicted octanol–water partition coefficient (Wildman–Crippen LogP) is -2.53. The van der Waals surface area contributed by atoms with Crippen LogP contribution in [0.5, 0.6) is 0 Å². The van der Waals surface area contributed by atoms with Crippen molar-refractivity contribution < 1.29 is 53.4 Å². The van der Waals surface area contributed by atoms with Crippen LogP contribution in [-0.2, 0) is 49.6 Å². The summed E-state index contributed by atoms with van der Waals surface area (Å²) in [5.41, 5.74) is 17.1. The van der Waals surface area contributed by atoms with Crippen molar-refractivity contribution in [1.29, 1.82) is 0 Å². The Morgan fingerprint density at radius 1 is 0.679 bits per heavy atom. The molecule has 2 heterocycles. The fourth-order valence-electron chi connectivity index (χ4n) is 6.38. The van der Waals surface area contributed by atoms with E-state index in [4.69, 9.17) is 17.2 Å². The summed E-state index contributed by atoms with van der Waals surface area (Å²) in [4.78, 5) is 116. The van der Waals surface area contributed by atoms with Crippen LogP contribution in [0.3, 0.4) is 0 Å². The molecule has 2 saturated heterocycles. The molecule has 7 amide bonds. The lowest BCUT2D eigenvalue weighted by Crippen LogP contribution is -2.59. The molecule has 6 atom stereocenters. The summed E-state index contributed by atoms with van der Waals surface area (Å²) in [6, 6.07) is 1.10. The Morgan fingerprint density at radius 3 is 1.72 bits per heavy atom. The van der Waals surface area contributed by atoms with Gasteiger partial charge in [0.15, 0.2) is 0 Å². The summed E-state index contributed by atoms with van der Waals surface area (Å²) in [6.07, 6.45) is -0.653. The number of carboxylic acids is 2. The van der Waals surface area contributed by atoms with Gasteiger partial charge in [0.05, 0.1) is 6.04 Å².